The van der Waals surface area contributed by atoms with E-state index in [4.69, 9.17) is 18.9 Å². The number of rotatable bonds is 11. The molecule has 0 aliphatic carbocycles. The van der Waals surface area contributed by atoms with Gasteiger partial charge in [0.05, 0.1) is 6.42 Å². The molecule has 0 saturated heterocycles. The van der Waals surface area contributed by atoms with Crippen LogP contribution in [-0.2, 0) is 27.2 Å². The zero-order valence-electron chi connectivity index (χ0n) is 27.8. The van der Waals surface area contributed by atoms with Crippen molar-refractivity contribution in [1.29, 1.82) is 0 Å². The summed E-state index contributed by atoms with van der Waals surface area (Å²) in [6.45, 7) is 15.8. The van der Waals surface area contributed by atoms with E-state index in [2.05, 4.69) is 32.9 Å². The highest BCUT2D eigenvalue weighted by Gasteiger charge is 2.35. The van der Waals surface area contributed by atoms with E-state index in [9.17, 15) is 19.2 Å². The first-order valence-electron chi connectivity index (χ1n) is 15.2. The molecule has 0 saturated carbocycles. The van der Waals surface area contributed by atoms with Crippen molar-refractivity contribution in [3.63, 3.8) is 0 Å². The summed E-state index contributed by atoms with van der Waals surface area (Å²) in [5.41, 5.74) is 6.46. The van der Waals surface area contributed by atoms with Crippen molar-refractivity contribution in [2.24, 2.45) is 0 Å². The second-order valence-corrected chi connectivity index (χ2v) is 11.9. The molecular weight excluding hydrogens is 572 g/mol. The van der Waals surface area contributed by atoms with Gasteiger partial charge in [0.15, 0.2) is 11.5 Å². The van der Waals surface area contributed by atoms with Crippen LogP contribution in [-0.4, -0.2) is 23.7 Å². The van der Waals surface area contributed by atoms with Gasteiger partial charge < -0.3 is 18.9 Å². The third kappa shape index (κ3) is 9.51. The minimum Gasteiger partial charge on any atom is -0.484 e. The maximum absolute atomic E-state index is 13.9. The Morgan fingerprint density at radius 3 is 2.00 bits per heavy atom. The van der Waals surface area contributed by atoms with Crippen molar-refractivity contribution in [2.45, 2.75) is 101 Å². The lowest BCUT2D eigenvalue weighted by Gasteiger charge is -2.30. The van der Waals surface area contributed by atoms with Gasteiger partial charge in [-0.15, -0.1) is 0 Å². The van der Waals surface area contributed by atoms with Gasteiger partial charge in [-0.3, -0.25) is 19.2 Å². The Morgan fingerprint density at radius 1 is 0.800 bits per heavy atom. The molecule has 3 rings (SSSR count). The van der Waals surface area contributed by atoms with Gasteiger partial charge in [-0.2, -0.15) is 0 Å². The Balaban J connectivity index is 2.15. The van der Waals surface area contributed by atoms with Crippen molar-refractivity contribution in [2.75, 3.05) is 0 Å². The molecular formula is C37H44O8. The van der Waals surface area contributed by atoms with E-state index in [1.165, 1.54) is 38.0 Å². The molecule has 1 atom stereocenters. The first-order chi connectivity index (χ1) is 21.2. The molecule has 8 nitrogen and oxygen atoms in total. The maximum Gasteiger partial charge on any atom is 0.308 e. The largest absolute Gasteiger partial charge is 0.484 e. The fourth-order valence-corrected chi connectivity index (χ4v) is 5.21. The summed E-state index contributed by atoms with van der Waals surface area (Å²) < 4.78 is 23.1. The lowest BCUT2D eigenvalue weighted by molar-refractivity contribution is -0.133. The van der Waals surface area contributed by atoms with Crippen LogP contribution in [0.25, 0.3) is 0 Å². The fourth-order valence-electron chi connectivity index (χ4n) is 5.21. The van der Waals surface area contributed by atoms with Crippen molar-refractivity contribution in [1.82, 2.24) is 0 Å². The average molecular weight is 617 g/mol. The summed E-state index contributed by atoms with van der Waals surface area (Å²) >= 11 is 0. The standard InChI is InChI=1S/C37H44O8/c1-21(2)11-10-12-23(5)14-16-28-24(6)32(42-25(7)38)18-17-29(28)33-19-31(41)36-35(45-33)20-34(43-26(8)39)30(15-13-22(3)4)37(36)44-27(9)40/h11,13-14,17-18,20,33H,10,12,15-16,19H2,1-9H3/b23-14+/t33-/m0/s1. The molecule has 1 heterocycles. The average Bonchev–Trinajstić information content (AvgIpc) is 2.91. The molecule has 45 heavy (non-hydrogen) atoms. The number of Topliss-reactive ketones (excluding diaryl/α,β-unsaturated/α-hetero) is 1. The zero-order chi connectivity index (χ0) is 33.4. The normalized spacial score (nSPS) is 14.1. The number of fused-ring (bicyclic) bond motifs is 1. The highest BCUT2D eigenvalue weighted by atomic mass is 16.6. The molecule has 0 aromatic heterocycles. The van der Waals surface area contributed by atoms with E-state index in [0.29, 0.717) is 17.7 Å². The van der Waals surface area contributed by atoms with E-state index in [1.807, 2.05) is 32.9 Å². The topological polar surface area (TPSA) is 105 Å². The molecule has 0 N–H and O–H groups in total. The Morgan fingerprint density at radius 2 is 1.40 bits per heavy atom. The summed E-state index contributed by atoms with van der Waals surface area (Å²) in [6.07, 6.45) is 8.19. The number of benzene rings is 2. The number of hydrogen-bond donors (Lipinski definition) is 0. The van der Waals surface area contributed by atoms with Gasteiger partial charge in [-0.25, -0.2) is 0 Å². The second-order valence-electron chi connectivity index (χ2n) is 11.9. The molecule has 0 unspecified atom stereocenters. The number of esters is 3. The number of carbonyl (C=O) groups excluding carboxylic acids is 4. The van der Waals surface area contributed by atoms with Gasteiger partial charge in [-0.05, 0) is 90.0 Å². The lowest BCUT2D eigenvalue weighted by Crippen LogP contribution is -2.24. The smallest absolute Gasteiger partial charge is 0.308 e. The van der Waals surface area contributed by atoms with Crippen LogP contribution in [0.5, 0.6) is 23.0 Å². The van der Waals surface area contributed by atoms with Gasteiger partial charge in [0.1, 0.15) is 28.9 Å². The van der Waals surface area contributed by atoms with Crippen molar-refractivity contribution in [3.05, 3.63) is 81.0 Å². The van der Waals surface area contributed by atoms with Gasteiger partial charge in [0.2, 0.25) is 0 Å². The maximum atomic E-state index is 13.9. The highest BCUT2D eigenvalue weighted by molar-refractivity contribution is 6.04. The molecule has 240 valence electrons. The number of ketones is 1. The lowest BCUT2D eigenvalue weighted by atomic mass is 9.88. The quantitative estimate of drug-likeness (QED) is 0.141. The summed E-state index contributed by atoms with van der Waals surface area (Å²) in [6, 6.07) is 5.05. The fraction of sp³-hybridized carbons (Fsp3) is 0.405. The summed E-state index contributed by atoms with van der Waals surface area (Å²) in [7, 11) is 0. The van der Waals surface area contributed by atoms with Crippen LogP contribution in [0, 0.1) is 6.92 Å². The Labute approximate surface area is 266 Å². The Hall–Kier alpha value is -4.46. The van der Waals surface area contributed by atoms with E-state index in [-0.39, 0.29) is 41.4 Å². The van der Waals surface area contributed by atoms with Crippen molar-refractivity contribution in [3.8, 4) is 23.0 Å². The van der Waals surface area contributed by atoms with Gasteiger partial charge in [0.25, 0.3) is 0 Å². The van der Waals surface area contributed by atoms with Gasteiger partial charge in [0, 0.05) is 32.4 Å². The molecule has 2 aromatic carbocycles. The Bertz CT molecular complexity index is 1580. The number of hydrogen-bond acceptors (Lipinski definition) is 8. The number of carbonyl (C=O) groups is 4. The molecule has 0 spiro atoms. The van der Waals surface area contributed by atoms with Crippen LogP contribution in [0.2, 0.25) is 0 Å². The summed E-state index contributed by atoms with van der Waals surface area (Å²) in [4.78, 5) is 50.0. The van der Waals surface area contributed by atoms with E-state index >= 15 is 0 Å². The first kappa shape index (κ1) is 35.0. The molecule has 0 bridgehead atoms. The van der Waals surface area contributed by atoms with Crippen LogP contribution >= 0.6 is 0 Å². The molecule has 0 fully saturated rings. The summed E-state index contributed by atoms with van der Waals surface area (Å²) in [5, 5.41) is 0. The molecule has 2 aromatic rings. The number of allylic oxidation sites excluding steroid dienone is 6. The SMILES string of the molecule is CC(=O)Oc1ccc([C@@H]2CC(=O)c3c(cc(OC(C)=O)c(CC=C(C)C)c3OC(C)=O)O2)c(C/C=C(\C)CCC=C(C)C)c1C. The first-order valence-corrected chi connectivity index (χ1v) is 15.2. The van der Waals surface area contributed by atoms with Crippen LogP contribution in [0.4, 0.5) is 0 Å². The van der Waals surface area contributed by atoms with Crippen LogP contribution < -0.4 is 18.9 Å². The van der Waals surface area contributed by atoms with Crippen LogP contribution in [0.3, 0.4) is 0 Å². The van der Waals surface area contributed by atoms with Crippen molar-refractivity contribution >= 4 is 23.7 Å². The van der Waals surface area contributed by atoms with E-state index < -0.39 is 24.0 Å². The minimum absolute atomic E-state index is 0.0150. The predicted octanol–water partition coefficient (Wildman–Crippen LogP) is 8.22. The third-order valence-electron chi connectivity index (χ3n) is 7.37. The predicted molar refractivity (Wildman–Crippen MR) is 173 cm³/mol. The van der Waals surface area contributed by atoms with Crippen molar-refractivity contribution < 1.29 is 38.1 Å². The minimum atomic E-state index is -0.691. The van der Waals surface area contributed by atoms with Gasteiger partial charge in [-0.1, -0.05) is 41.0 Å². The zero-order valence-corrected chi connectivity index (χ0v) is 27.8. The Kier molecular flexibility index (Phi) is 12.1. The molecule has 1 aliphatic heterocycles. The molecule has 0 radical (unpaired) electrons. The molecule has 8 heteroatoms. The number of ether oxygens (including phenoxy) is 4. The molecule has 0 amide bonds. The third-order valence-corrected chi connectivity index (χ3v) is 7.37. The van der Waals surface area contributed by atoms with Crippen LogP contribution in [0.1, 0.15) is 113 Å². The molecule has 1 aliphatic rings. The van der Waals surface area contributed by atoms with E-state index in [1.54, 1.807) is 6.07 Å². The highest BCUT2D eigenvalue weighted by Crippen LogP contribution is 2.47. The van der Waals surface area contributed by atoms with Crippen LogP contribution in [0.15, 0.2) is 53.1 Å². The summed E-state index contributed by atoms with van der Waals surface area (Å²) in [5.74, 6) is -1.09. The van der Waals surface area contributed by atoms with E-state index in [0.717, 1.165) is 35.1 Å². The second kappa shape index (κ2) is 15.5. The van der Waals surface area contributed by atoms with Gasteiger partial charge >= 0.3 is 17.9 Å². The monoisotopic (exact) mass is 616 g/mol.